The summed E-state index contributed by atoms with van der Waals surface area (Å²) < 4.78 is 11.2. The molecule has 120 valence electrons. The Kier molecular flexibility index (Phi) is 5.10. The van der Waals surface area contributed by atoms with Gasteiger partial charge in [0.1, 0.15) is 11.8 Å². The number of nitrogens with one attached hydrogen (secondary N) is 1. The summed E-state index contributed by atoms with van der Waals surface area (Å²) in [6, 6.07) is 21.6. The third-order valence-corrected chi connectivity index (χ3v) is 3.42. The van der Waals surface area contributed by atoms with Crippen molar-refractivity contribution < 1.29 is 9.15 Å². The largest absolute Gasteiger partial charge is 0.484 e. The second kappa shape index (κ2) is 7.84. The zero-order valence-electron chi connectivity index (χ0n) is 13.1. The summed E-state index contributed by atoms with van der Waals surface area (Å²) in [5.74, 6) is 1.49. The number of nitriles is 1. The Morgan fingerprint density at radius 1 is 1.04 bits per heavy atom. The number of hydrogen-bond donors (Lipinski definition) is 1. The molecule has 24 heavy (non-hydrogen) atoms. The Balaban J connectivity index is 1.57. The molecule has 0 saturated carbocycles. The quantitative estimate of drug-likeness (QED) is 0.717. The van der Waals surface area contributed by atoms with Gasteiger partial charge in [-0.05, 0) is 24.1 Å². The molecular formula is C19H17N3O2. The van der Waals surface area contributed by atoms with E-state index in [0.717, 1.165) is 12.2 Å². The molecule has 0 amide bonds. The van der Waals surface area contributed by atoms with Crippen LogP contribution in [0.1, 0.15) is 17.1 Å². The van der Waals surface area contributed by atoms with E-state index in [0.29, 0.717) is 18.3 Å². The van der Waals surface area contributed by atoms with E-state index < -0.39 is 0 Å². The van der Waals surface area contributed by atoms with Crippen LogP contribution in [0.3, 0.4) is 0 Å². The first-order chi connectivity index (χ1) is 11.8. The van der Waals surface area contributed by atoms with Crippen molar-refractivity contribution in [3.8, 4) is 11.8 Å². The van der Waals surface area contributed by atoms with Crippen LogP contribution in [-0.4, -0.2) is 11.5 Å². The number of oxazole rings is 1. The van der Waals surface area contributed by atoms with E-state index in [-0.39, 0.29) is 12.3 Å². The fraction of sp³-hybridized carbons (Fsp3) is 0.158. The SMILES string of the molecule is N#Cc1nc(COc2ccccc2)oc1NCCc1ccccc1. The van der Waals surface area contributed by atoms with Gasteiger partial charge in [-0.25, -0.2) is 0 Å². The van der Waals surface area contributed by atoms with Gasteiger partial charge in [0.15, 0.2) is 6.61 Å². The van der Waals surface area contributed by atoms with E-state index in [1.807, 2.05) is 54.6 Å². The summed E-state index contributed by atoms with van der Waals surface area (Å²) in [6.45, 7) is 0.839. The van der Waals surface area contributed by atoms with E-state index in [2.05, 4.69) is 22.4 Å². The van der Waals surface area contributed by atoms with Gasteiger partial charge in [0, 0.05) is 6.54 Å². The Bertz CT molecular complexity index is 808. The first kappa shape index (κ1) is 15.6. The molecule has 3 aromatic rings. The fourth-order valence-electron chi connectivity index (χ4n) is 2.25. The second-order valence-electron chi connectivity index (χ2n) is 5.16. The predicted molar refractivity (Wildman–Crippen MR) is 90.6 cm³/mol. The molecule has 0 radical (unpaired) electrons. The van der Waals surface area contributed by atoms with Gasteiger partial charge in [-0.15, -0.1) is 0 Å². The van der Waals surface area contributed by atoms with Gasteiger partial charge in [-0.2, -0.15) is 10.2 Å². The molecule has 0 saturated heterocycles. The lowest BCUT2D eigenvalue weighted by molar-refractivity contribution is 0.265. The molecule has 3 rings (SSSR count). The number of nitrogens with zero attached hydrogens (tertiary/aromatic N) is 2. The first-order valence-electron chi connectivity index (χ1n) is 7.70. The summed E-state index contributed by atoms with van der Waals surface area (Å²) in [6.07, 6.45) is 0.836. The zero-order chi connectivity index (χ0) is 16.6. The van der Waals surface area contributed by atoms with Gasteiger partial charge in [0.25, 0.3) is 0 Å². The van der Waals surface area contributed by atoms with Crippen LogP contribution >= 0.6 is 0 Å². The maximum Gasteiger partial charge on any atom is 0.236 e. The Labute approximate surface area is 140 Å². The van der Waals surface area contributed by atoms with Gasteiger partial charge < -0.3 is 14.5 Å². The van der Waals surface area contributed by atoms with E-state index >= 15 is 0 Å². The van der Waals surface area contributed by atoms with Crippen LogP contribution in [0, 0.1) is 11.3 Å². The topological polar surface area (TPSA) is 71.1 Å². The lowest BCUT2D eigenvalue weighted by Gasteiger charge is -2.04. The van der Waals surface area contributed by atoms with E-state index in [1.54, 1.807) is 0 Å². The second-order valence-corrected chi connectivity index (χ2v) is 5.16. The molecule has 0 aliphatic carbocycles. The molecule has 1 heterocycles. The minimum absolute atomic E-state index is 0.180. The Morgan fingerprint density at radius 2 is 1.75 bits per heavy atom. The molecule has 1 N–H and O–H groups in total. The number of rotatable bonds is 7. The number of anilines is 1. The van der Waals surface area contributed by atoms with Crippen LogP contribution in [0.4, 0.5) is 5.88 Å². The highest BCUT2D eigenvalue weighted by molar-refractivity contribution is 5.45. The third kappa shape index (κ3) is 4.14. The monoisotopic (exact) mass is 319 g/mol. The van der Waals surface area contributed by atoms with Crippen LogP contribution < -0.4 is 10.1 Å². The molecule has 0 unspecified atom stereocenters. The van der Waals surface area contributed by atoms with Gasteiger partial charge >= 0.3 is 0 Å². The van der Waals surface area contributed by atoms with Gasteiger partial charge in [0.05, 0.1) is 0 Å². The standard InChI is InChI=1S/C19H17N3O2/c20-13-17-19(21-12-11-15-7-3-1-4-8-15)24-18(22-17)14-23-16-9-5-2-6-10-16/h1-10,21H,11-12,14H2. The number of hydrogen-bond acceptors (Lipinski definition) is 5. The van der Waals surface area contributed by atoms with Crippen molar-refractivity contribution >= 4 is 5.88 Å². The highest BCUT2D eigenvalue weighted by Crippen LogP contribution is 2.18. The summed E-state index contributed by atoms with van der Waals surface area (Å²) in [5, 5.41) is 12.3. The molecule has 0 aliphatic heterocycles. The molecule has 0 atom stereocenters. The molecule has 2 aromatic carbocycles. The average Bonchev–Trinajstić information content (AvgIpc) is 3.04. The molecule has 5 nitrogen and oxygen atoms in total. The molecule has 1 aromatic heterocycles. The van der Waals surface area contributed by atoms with Crippen molar-refractivity contribution in [2.24, 2.45) is 0 Å². The van der Waals surface area contributed by atoms with Crippen molar-refractivity contribution in [3.05, 3.63) is 77.8 Å². The van der Waals surface area contributed by atoms with Gasteiger partial charge in [-0.3, -0.25) is 0 Å². The van der Waals surface area contributed by atoms with Gasteiger partial charge in [0.2, 0.25) is 17.5 Å². The first-order valence-corrected chi connectivity index (χ1v) is 7.70. The summed E-state index contributed by atoms with van der Waals surface area (Å²) in [7, 11) is 0. The van der Waals surface area contributed by atoms with Crippen LogP contribution in [0.2, 0.25) is 0 Å². The molecule has 0 fully saturated rings. The van der Waals surface area contributed by atoms with Crippen LogP contribution in [0.5, 0.6) is 5.75 Å². The highest BCUT2D eigenvalue weighted by atomic mass is 16.5. The molecular weight excluding hydrogens is 302 g/mol. The van der Waals surface area contributed by atoms with E-state index in [9.17, 15) is 5.26 Å². The highest BCUT2D eigenvalue weighted by Gasteiger charge is 2.13. The van der Waals surface area contributed by atoms with Crippen LogP contribution in [0.25, 0.3) is 0 Å². The minimum atomic E-state index is 0.180. The lowest BCUT2D eigenvalue weighted by atomic mass is 10.1. The van der Waals surface area contributed by atoms with Crippen molar-refractivity contribution in [1.82, 2.24) is 4.98 Å². The number of ether oxygens (including phenoxy) is 1. The predicted octanol–water partition coefficient (Wildman–Crippen LogP) is 3.78. The van der Waals surface area contributed by atoms with Crippen molar-refractivity contribution in [1.29, 1.82) is 5.26 Å². The van der Waals surface area contributed by atoms with Crippen molar-refractivity contribution in [2.45, 2.75) is 13.0 Å². The van der Waals surface area contributed by atoms with E-state index in [4.69, 9.17) is 9.15 Å². The normalized spacial score (nSPS) is 10.1. The van der Waals surface area contributed by atoms with E-state index in [1.165, 1.54) is 5.56 Å². The Hall–Kier alpha value is -3.26. The number of aromatic nitrogens is 1. The van der Waals surface area contributed by atoms with Crippen LogP contribution in [0.15, 0.2) is 65.1 Å². The summed E-state index contributed by atoms with van der Waals surface area (Å²) >= 11 is 0. The maximum absolute atomic E-state index is 9.18. The maximum atomic E-state index is 9.18. The summed E-state index contributed by atoms with van der Waals surface area (Å²) in [5.41, 5.74) is 1.46. The molecule has 5 heteroatoms. The average molecular weight is 319 g/mol. The van der Waals surface area contributed by atoms with Crippen molar-refractivity contribution in [3.63, 3.8) is 0 Å². The zero-order valence-corrected chi connectivity index (χ0v) is 13.1. The smallest absolute Gasteiger partial charge is 0.236 e. The third-order valence-electron chi connectivity index (χ3n) is 3.42. The number of para-hydroxylation sites is 1. The van der Waals surface area contributed by atoms with Crippen LogP contribution in [-0.2, 0) is 13.0 Å². The molecule has 0 spiro atoms. The summed E-state index contributed by atoms with van der Waals surface area (Å²) in [4.78, 5) is 4.15. The minimum Gasteiger partial charge on any atom is -0.484 e. The number of benzene rings is 2. The molecule has 0 aliphatic rings. The lowest BCUT2D eigenvalue weighted by Crippen LogP contribution is -2.05. The van der Waals surface area contributed by atoms with Crippen molar-refractivity contribution in [2.75, 3.05) is 11.9 Å². The fourth-order valence-corrected chi connectivity index (χ4v) is 2.25. The Morgan fingerprint density at radius 3 is 2.46 bits per heavy atom. The molecule has 0 bridgehead atoms. The van der Waals surface area contributed by atoms with Gasteiger partial charge in [-0.1, -0.05) is 48.5 Å².